The molecule has 1 aromatic rings. The number of carboxylic acids is 1. The highest BCUT2D eigenvalue weighted by Gasteiger charge is 2.28. The molecule has 2 rings (SSSR count). The van der Waals surface area contributed by atoms with Gasteiger partial charge in [0.2, 0.25) is 5.91 Å². The van der Waals surface area contributed by atoms with E-state index in [1.54, 1.807) is 24.3 Å². The predicted molar refractivity (Wildman–Crippen MR) is 74.0 cm³/mol. The number of aliphatic carboxylic acids is 1. The van der Waals surface area contributed by atoms with Crippen molar-refractivity contribution in [3.8, 4) is 0 Å². The molecule has 1 fully saturated rings. The summed E-state index contributed by atoms with van der Waals surface area (Å²) in [6.07, 6.45) is 2.63. The first-order chi connectivity index (χ1) is 10.1. The average Bonchev–Trinajstić information content (AvgIpc) is 2.49. The number of ether oxygens (including phenoxy) is 1. The molecule has 1 aliphatic rings. The lowest BCUT2D eigenvalue weighted by atomic mass is 10.2. The largest absolute Gasteiger partial charge is 0.479 e. The van der Waals surface area contributed by atoms with Gasteiger partial charge in [0.25, 0.3) is 0 Å². The average molecular weight is 293 g/mol. The molecule has 0 saturated carbocycles. The van der Waals surface area contributed by atoms with Crippen molar-refractivity contribution < 1.29 is 23.8 Å². The van der Waals surface area contributed by atoms with E-state index in [2.05, 4.69) is 0 Å². The topological polar surface area (TPSA) is 66.8 Å². The number of halogens is 1. The summed E-state index contributed by atoms with van der Waals surface area (Å²) < 4.78 is 17.8. The molecule has 0 spiro atoms. The van der Waals surface area contributed by atoms with Crippen molar-refractivity contribution in [2.45, 2.75) is 12.5 Å². The minimum absolute atomic E-state index is 0.0680. The van der Waals surface area contributed by atoms with E-state index in [-0.39, 0.29) is 31.3 Å². The highest BCUT2D eigenvalue weighted by atomic mass is 19.1. The molecule has 1 N–H and O–H groups in total. The van der Waals surface area contributed by atoms with Crippen LogP contribution in [-0.2, 0) is 14.3 Å². The van der Waals surface area contributed by atoms with Crippen LogP contribution in [0.4, 0.5) is 4.39 Å². The molecule has 0 radical (unpaired) electrons. The summed E-state index contributed by atoms with van der Waals surface area (Å²) in [7, 11) is 0. The van der Waals surface area contributed by atoms with Crippen LogP contribution in [0.3, 0.4) is 0 Å². The number of morpholine rings is 1. The molecule has 0 aromatic heterocycles. The summed E-state index contributed by atoms with van der Waals surface area (Å²) in [6.45, 7) is 0.690. The number of carboxylic acid groups (broad SMARTS) is 1. The Morgan fingerprint density at radius 1 is 1.38 bits per heavy atom. The Hall–Kier alpha value is -2.21. The maximum absolute atomic E-state index is 12.7. The monoisotopic (exact) mass is 293 g/mol. The van der Waals surface area contributed by atoms with Crippen LogP contribution in [0.5, 0.6) is 0 Å². The number of carbonyl (C=O) groups is 2. The second-order valence-corrected chi connectivity index (χ2v) is 4.70. The van der Waals surface area contributed by atoms with Crippen molar-refractivity contribution >= 4 is 18.0 Å². The molecule has 1 aliphatic heterocycles. The van der Waals surface area contributed by atoms with Crippen LogP contribution < -0.4 is 0 Å². The van der Waals surface area contributed by atoms with Crippen molar-refractivity contribution in [3.05, 3.63) is 41.7 Å². The van der Waals surface area contributed by atoms with Gasteiger partial charge < -0.3 is 14.7 Å². The molecular weight excluding hydrogens is 277 g/mol. The van der Waals surface area contributed by atoms with E-state index in [1.807, 2.05) is 0 Å². The molecule has 1 amide bonds. The fourth-order valence-electron chi connectivity index (χ4n) is 2.02. The van der Waals surface area contributed by atoms with Crippen LogP contribution in [0.25, 0.3) is 6.08 Å². The summed E-state index contributed by atoms with van der Waals surface area (Å²) in [4.78, 5) is 24.3. The number of carbonyl (C=O) groups excluding carboxylic acids is 1. The summed E-state index contributed by atoms with van der Waals surface area (Å²) in [5.74, 6) is -1.52. The van der Waals surface area contributed by atoms with Gasteiger partial charge in [-0.3, -0.25) is 4.79 Å². The molecule has 1 heterocycles. The Labute approximate surface area is 121 Å². The van der Waals surface area contributed by atoms with Gasteiger partial charge in [-0.05, 0) is 17.7 Å². The Kier molecular flexibility index (Phi) is 5.05. The highest BCUT2D eigenvalue weighted by molar-refractivity contribution is 5.80. The zero-order valence-electron chi connectivity index (χ0n) is 11.4. The predicted octanol–water partition coefficient (Wildman–Crippen LogP) is 1.54. The van der Waals surface area contributed by atoms with E-state index < -0.39 is 12.1 Å². The SMILES string of the molecule is O=C(O)C1CN(C(=O)CC=Cc2ccc(F)cc2)CCO1. The first kappa shape index (κ1) is 15.2. The lowest BCUT2D eigenvalue weighted by Crippen LogP contribution is -2.48. The van der Waals surface area contributed by atoms with Crippen LogP contribution in [0.1, 0.15) is 12.0 Å². The minimum Gasteiger partial charge on any atom is -0.479 e. The standard InChI is InChI=1S/C15H16FNO4/c16-12-6-4-11(5-7-12)2-1-3-14(18)17-8-9-21-13(10-17)15(19)20/h1-2,4-7,13H,3,8-10H2,(H,19,20). The second kappa shape index (κ2) is 6.99. The molecule has 5 nitrogen and oxygen atoms in total. The second-order valence-electron chi connectivity index (χ2n) is 4.70. The molecule has 0 bridgehead atoms. The fraction of sp³-hybridized carbons (Fsp3) is 0.333. The molecule has 1 unspecified atom stereocenters. The zero-order chi connectivity index (χ0) is 15.2. The summed E-state index contributed by atoms with van der Waals surface area (Å²) in [5.41, 5.74) is 0.801. The smallest absolute Gasteiger partial charge is 0.334 e. The Bertz CT molecular complexity index is 541. The van der Waals surface area contributed by atoms with Gasteiger partial charge in [-0.15, -0.1) is 0 Å². The van der Waals surface area contributed by atoms with E-state index in [0.717, 1.165) is 5.56 Å². The summed E-state index contributed by atoms with van der Waals surface area (Å²) >= 11 is 0. The molecular formula is C15H16FNO4. The summed E-state index contributed by atoms with van der Waals surface area (Å²) in [5, 5.41) is 8.88. The third kappa shape index (κ3) is 4.39. The number of nitrogens with zero attached hydrogens (tertiary/aromatic N) is 1. The van der Waals surface area contributed by atoms with Crippen LogP contribution >= 0.6 is 0 Å². The lowest BCUT2D eigenvalue weighted by molar-refractivity contribution is -0.159. The van der Waals surface area contributed by atoms with Gasteiger partial charge >= 0.3 is 5.97 Å². The van der Waals surface area contributed by atoms with E-state index in [9.17, 15) is 14.0 Å². The van der Waals surface area contributed by atoms with Gasteiger partial charge in [0.15, 0.2) is 6.10 Å². The van der Waals surface area contributed by atoms with Gasteiger partial charge in [-0.25, -0.2) is 9.18 Å². The quantitative estimate of drug-likeness (QED) is 0.914. The number of amides is 1. The Morgan fingerprint density at radius 2 is 2.10 bits per heavy atom. The third-order valence-corrected chi connectivity index (χ3v) is 3.17. The number of hydrogen-bond donors (Lipinski definition) is 1. The Morgan fingerprint density at radius 3 is 2.76 bits per heavy atom. The normalized spacial score (nSPS) is 18.9. The van der Waals surface area contributed by atoms with Gasteiger partial charge in [-0.2, -0.15) is 0 Å². The van der Waals surface area contributed by atoms with E-state index >= 15 is 0 Å². The first-order valence-electron chi connectivity index (χ1n) is 6.60. The number of benzene rings is 1. The number of hydrogen-bond acceptors (Lipinski definition) is 3. The van der Waals surface area contributed by atoms with Crippen LogP contribution in [0.2, 0.25) is 0 Å². The van der Waals surface area contributed by atoms with Gasteiger partial charge in [0, 0.05) is 13.0 Å². The molecule has 6 heteroatoms. The zero-order valence-corrected chi connectivity index (χ0v) is 11.4. The molecule has 1 saturated heterocycles. The van der Waals surface area contributed by atoms with E-state index in [1.165, 1.54) is 17.0 Å². The molecule has 21 heavy (non-hydrogen) atoms. The molecule has 112 valence electrons. The van der Waals surface area contributed by atoms with Crippen molar-refractivity contribution in [2.75, 3.05) is 19.7 Å². The van der Waals surface area contributed by atoms with Gasteiger partial charge in [-0.1, -0.05) is 24.3 Å². The fourth-order valence-corrected chi connectivity index (χ4v) is 2.02. The first-order valence-corrected chi connectivity index (χ1v) is 6.60. The molecule has 0 aliphatic carbocycles. The van der Waals surface area contributed by atoms with E-state index in [4.69, 9.17) is 9.84 Å². The van der Waals surface area contributed by atoms with Gasteiger partial charge in [0.1, 0.15) is 5.82 Å². The molecule has 1 atom stereocenters. The van der Waals surface area contributed by atoms with E-state index in [0.29, 0.717) is 6.54 Å². The number of rotatable bonds is 4. The third-order valence-electron chi connectivity index (χ3n) is 3.17. The highest BCUT2D eigenvalue weighted by Crippen LogP contribution is 2.09. The van der Waals surface area contributed by atoms with Crippen molar-refractivity contribution in [3.63, 3.8) is 0 Å². The Balaban J connectivity index is 1.86. The van der Waals surface area contributed by atoms with Crippen molar-refractivity contribution in [1.29, 1.82) is 0 Å². The lowest BCUT2D eigenvalue weighted by Gasteiger charge is -2.30. The maximum atomic E-state index is 12.7. The minimum atomic E-state index is -1.06. The maximum Gasteiger partial charge on any atom is 0.334 e. The van der Waals surface area contributed by atoms with Crippen LogP contribution in [-0.4, -0.2) is 47.7 Å². The van der Waals surface area contributed by atoms with Crippen molar-refractivity contribution in [2.24, 2.45) is 0 Å². The molecule has 1 aromatic carbocycles. The van der Waals surface area contributed by atoms with Crippen LogP contribution in [0.15, 0.2) is 30.3 Å². The van der Waals surface area contributed by atoms with Gasteiger partial charge in [0.05, 0.1) is 13.2 Å². The summed E-state index contributed by atoms with van der Waals surface area (Å²) in [6, 6.07) is 5.93. The van der Waals surface area contributed by atoms with Crippen LogP contribution in [0, 0.1) is 5.82 Å². The van der Waals surface area contributed by atoms with Crippen molar-refractivity contribution in [1.82, 2.24) is 4.90 Å².